The van der Waals surface area contributed by atoms with Crippen LogP contribution in [0.25, 0.3) is 0 Å². The third-order valence-electron chi connectivity index (χ3n) is 3.69. The van der Waals surface area contributed by atoms with Crippen LogP contribution in [0.5, 0.6) is 0 Å². The van der Waals surface area contributed by atoms with Gasteiger partial charge in [0.1, 0.15) is 24.3 Å². The Kier molecular flexibility index (Phi) is 9.45. The molecule has 0 heterocycles. The average Bonchev–Trinajstić information content (AvgIpc) is 2.64. The molecule has 11 nitrogen and oxygen atoms in total. The van der Waals surface area contributed by atoms with Crippen molar-refractivity contribution in [2.75, 3.05) is 0 Å². The van der Waals surface area contributed by atoms with Crippen molar-refractivity contribution >= 4 is 29.8 Å². The summed E-state index contributed by atoms with van der Waals surface area (Å²) in [6.45, 7) is 4.81. The molecule has 1 aromatic rings. The number of alkyl carbamates (subject to hydrolysis) is 1. The fourth-order valence-electron chi connectivity index (χ4n) is 2.32. The van der Waals surface area contributed by atoms with Crippen molar-refractivity contribution in [3.63, 3.8) is 0 Å². The van der Waals surface area contributed by atoms with E-state index in [0.717, 1.165) is 5.56 Å². The Morgan fingerprint density at radius 3 is 2.06 bits per heavy atom. The van der Waals surface area contributed by atoms with Crippen LogP contribution in [0.2, 0.25) is 0 Å². The smallest absolute Gasteiger partial charge is 0.408 e. The second-order valence-electron chi connectivity index (χ2n) is 7.68. The number of primary amides is 2. The first-order valence-electron chi connectivity index (χ1n) is 9.44. The van der Waals surface area contributed by atoms with Crippen LogP contribution in [0, 0.1) is 0 Å². The van der Waals surface area contributed by atoms with Crippen LogP contribution in [0.15, 0.2) is 30.3 Å². The van der Waals surface area contributed by atoms with Gasteiger partial charge in [-0.05, 0) is 26.3 Å². The van der Waals surface area contributed by atoms with Crippen LogP contribution in [-0.4, -0.2) is 47.5 Å². The molecule has 2 atom stereocenters. The zero-order chi connectivity index (χ0) is 23.6. The molecular weight excluding hydrogens is 408 g/mol. The normalized spacial score (nSPS) is 12.7. The zero-order valence-electron chi connectivity index (χ0n) is 17.7. The predicted octanol–water partition coefficient (Wildman–Crippen LogP) is -0.141. The molecule has 0 unspecified atom stereocenters. The number of benzene rings is 1. The van der Waals surface area contributed by atoms with Gasteiger partial charge in [-0.3, -0.25) is 19.2 Å². The third-order valence-corrected chi connectivity index (χ3v) is 3.69. The molecule has 0 aliphatic carbocycles. The van der Waals surface area contributed by atoms with E-state index in [0.29, 0.717) is 0 Å². The van der Waals surface area contributed by atoms with E-state index in [1.165, 1.54) is 0 Å². The van der Waals surface area contributed by atoms with Gasteiger partial charge in [0.2, 0.25) is 17.7 Å². The number of nitrogens with two attached hydrogens (primary N) is 2. The van der Waals surface area contributed by atoms with Crippen LogP contribution >= 0.6 is 0 Å². The monoisotopic (exact) mass is 436 g/mol. The van der Waals surface area contributed by atoms with Crippen molar-refractivity contribution in [2.45, 2.75) is 57.9 Å². The fourth-order valence-corrected chi connectivity index (χ4v) is 2.32. The van der Waals surface area contributed by atoms with Gasteiger partial charge in [0.15, 0.2) is 0 Å². The molecule has 1 rings (SSSR count). The Morgan fingerprint density at radius 1 is 0.935 bits per heavy atom. The Hall–Kier alpha value is -3.63. The van der Waals surface area contributed by atoms with Crippen molar-refractivity contribution in [1.29, 1.82) is 0 Å². The van der Waals surface area contributed by atoms with Crippen LogP contribution in [-0.2, 0) is 35.3 Å². The van der Waals surface area contributed by atoms with Gasteiger partial charge in [0, 0.05) is 0 Å². The lowest BCUT2D eigenvalue weighted by Crippen LogP contribution is -2.55. The van der Waals surface area contributed by atoms with Crippen molar-refractivity contribution in [2.24, 2.45) is 11.5 Å². The molecule has 170 valence electrons. The molecule has 4 amide bonds. The van der Waals surface area contributed by atoms with E-state index in [1.54, 1.807) is 51.1 Å². The van der Waals surface area contributed by atoms with Gasteiger partial charge in [-0.15, -0.1) is 0 Å². The second-order valence-corrected chi connectivity index (χ2v) is 7.68. The van der Waals surface area contributed by atoms with Gasteiger partial charge in [0.05, 0.1) is 12.8 Å². The molecule has 0 aliphatic heterocycles. The fraction of sp³-hybridized carbons (Fsp3) is 0.450. The Labute approximate surface area is 179 Å². The Balaban J connectivity index is 2.74. The summed E-state index contributed by atoms with van der Waals surface area (Å²) in [6.07, 6.45) is -2.06. The minimum absolute atomic E-state index is 0.0242. The minimum Gasteiger partial charge on any atom is -0.461 e. The standard InChI is InChI=1S/C20H28N4O7/c1-20(2,3)31-19(29)24-14(9-15(21)25)18(28)23-13(17(22)27)10-16(26)30-11-12-7-5-4-6-8-12/h4-8,13-14H,9-11H2,1-3H3,(H2,21,25)(H2,22,27)(H,23,28)(H,24,29)/t13-,14+/m1/s1. The summed E-state index contributed by atoms with van der Waals surface area (Å²) in [5.41, 5.74) is 10.3. The van der Waals surface area contributed by atoms with Crippen LogP contribution in [0.4, 0.5) is 4.79 Å². The largest absolute Gasteiger partial charge is 0.461 e. The number of ether oxygens (including phenoxy) is 2. The maximum atomic E-state index is 12.5. The molecular formula is C20H28N4O7. The number of esters is 1. The number of amides is 4. The van der Waals surface area contributed by atoms with Gasteiger partial charge in [-0.25, -0.2) is 4.79 Å². The molecule has 0 bridgehead atoms. The maximum absolute atomic E-state index is 12.5. The molecule has 0 saturated heterocycles. The van der Waals surface area contributed by atoms with Crippen molar-refractivity contribution in [3.05, 3.63) is 35.9 Å². The first kappa shape index (κ1) is 25.4. The van der Waals surface area contributed by atoms with E-state index in [2.05, 4.69) is 10.6 Å². The first-order valence-corrected chi connectivity index (χ1v) is 9.44. The summed E-state index contributed by atoms with van der Waals surface area (Å²) in [6, 6.07) is 5.98. The number of carbonyl (C=O) groups is 5. The van der Waals surface area contributed by atoms with Crippen LogP contribution < -0.4 is 22.1 Å². The van der Waals surface area contributed by atoms with E-state index in [1.807, 2.05) is 0 Å². The Bertz CT molecular complexity index is 805. The van der Waals surface area contributed by atoms with E-state index in [9.17, 15) is 24.0 Å². The van der Waals surface area contributed by atoms with Gasteiger partial charge in [-0.1, -0.05) is 30.3 Å². The SMILES string of the molecule is CC(C)(C)OC(=O)N[C@@H](CC(N)=O)C(=O)N[C@H](CC(=O)OCc1ccccc1)C(N)=O. The summed E-state index contributed by atoms with van der Waals surface area (Å²) < 4.78 is 10.1. The van der Waals surface area contributed by atoms with Gasteiger partial charge in [0.25, 0.3) is 0 Å². The highest BCUT2D eigenvalue weighted by Gasteiger charge is 2.30. The number of hydrogen-bond donors (Lipinski definition) is 4. The van der Waals surface area contributed by atoms with Crippen LogP contribution in [0.3, 0.4) is 0 Å². The lowest BCUT2D eigenvalue weighted by Gasteiger charge is -2.24. The highest BCUT2D eigenvalue weighted by atomic mass is 16.6. The molecule has 0 radical (unpaired) electrons. The topological polar surface area (TPSA) is 180 Å². The zero-order valence-corrected chi connectivity index (χ0v) is 17.7. The van der Waals surface area contributed by atoms with E-state index in [4.69, 9.17) is 20.9 Å². The van der Waals surface area contributed by atoms with E-state index in [-0.39, 0.29) is 6.61 Å². The van der Waals surface area contributed by atoms with Crippen molar-refractivity contribution in [1.82, 2.24) is 10.6 Å². The predicted molar refractivity (Wildman–Crippen MR) is 109 cm³/mol. The number of rotatable bonds is 10. The summed E-state index contributed by atoms with van der Waals surface area (Å²) in [5.74, 6) is -3.60. The third kappa shape index (κ3) is 10.6. The van der Waals surface area contributed by atoms with Crippen molar-refractivity contribution < 1.29 is 33.4 Å². The lowest BCUT2D eigenvalue weighted by molar-refractivity contribution is -0.147. The molecule has 0 saturated carbocycles. The van der Waals surface area contributed by atoms with Crippen LogP contribution in [0.1, 0.15) is 39.2 Å². The molecule has 0 spiro atoms. The summed E-state index contributed by atoms with van der Waals surface area (Å²) >= 11 is 0. The Morgan fingerprint density at radius 2 is 1.55 bits per heavy atom. The molecule has 11 heteroatoms. The van der Waals surface area contributed by atoms with Gasteiger partial charge < -0.3 is 31.6 Å². The van der Waals surface area contributed by atoms with E-state index >= 15 is 0 Å². The lowest BCUT2D eigenvalue weighted by atomic mass is 10.1. The number of hydrogen-bond acceptors (Lipinski definition) is 7. The quantitative estimate of drug-likeness (QED) is 0.368. The molecule has 31 heavy (non-hydrogen) atoms. The summed E-state index contributed by atoms with van der Waals surface area (Å²) in [4.78, 5) is 59.5. The molecule has 1 aromatic carbocycles. The molecule has 0 aliphatic rings. The van der Waals surface area contributed by atoms with Gasteiger partial charge >= 0.3 is 12.1 Å². The molecule has 0 fully saturated rings. The molecule has 0 aromatic heterocycles. The first-order chi connectivity index (χ1) is 14.4. The number of carbonyl (C=O) groups excluding carboxylic acids is 5. The highest BCUT2D eigenvalue weighted by molar-refractivity contribution is 5.94. The highest BCUT2D eigenvalue weighted by Crippen LogP contribution is 2.08. The second kappa shape index (κ2) is 11.5. The summed E-state index contributed by atoms with van der Waals surface area (Å²) in [5, 5.41) is 4.43. The van der Waals surface area contributed by atoms with Gasteiger partial charge in [-0.2, -0.15) is 0 Å². The van der Waals surface area contributed by atoms with Crippen molar-refractivity contribution in [3.8, 4) is 0 Å². The molecule has 6 N–H and O–H groups in total. The maximum Gasteiger partial charge on any atom is 0.408 e. The minimum atomic E-state index is -1.44. The summed E-state index contributed by atoms with van der Waals surface area (Å²) in [7, 11) is 0. The van der Waals surface area contributed by atoms with E-state index < -0.39 is 60.3 Å². The number of nitrogens with one attached hydrogen (secondary N) is 2. The average molecular weight is 436 g/mol.